The number of sulfone groups is 1. The smallest absolute Gasteiger partial charge is 0.241 e. The first-order valence-corrected chi connectivity index (χ1v) is 12.3. The largest absolute Gasteiger partial charge is 0.497 e. The molecule has 3 aromatic rings. The Balaban J connectivity index is 2.00. The molecule has 1 aromatic heterocycles. The lowest BCUT2D eigenvalue weighted by atomic mass is 10.1. The van der Waals surface area contributed by atoms with Crippen LogP contribution in [-0.4, -0.2) is 39.2 Å². The molecule has 0 aliphatic carbocycles. The standard InChI is InChI=1S/C20H23N3O5S2/c1-4-29(24,25)17-8-10-18(11-9-17)30(26,27)22-19(20-21-12-13-23(20)2)15-6-5-7-16(14-15)28-3/h5-14,19,22H,4H2,1-3H3. The molecule has 1 atom stereocenters. The highest BCUT2D eigenvalue weighted by Gasteiger charge is 2.26. The maximum Gasteiger partial charge on any atom is 0.241 e. The zero-order chi connectivity index (χ0) is 21.9. The Labute approximate surface area is 176 Å². The summed E-state index contributed by atoms with van der Waals surface area (Å²) < 4.78 is 59.8. The summed E-state index contributed by atoms with van der Waals surface area (Å²) >= 11 is 0. The van der Waals surface area contributed by atoms with E-state index >= 15 is 0 Å². The third kappa shape index (κ3) is 4.55. The van der Waals surface area contributed by atoms with Gasteiger partial charge in [0, 0.05) is 19.4 Å². The van der Waals surface area contributed by atoms with Gasteiger partial charge in [-0.3, -0.25) is 0 Å². The van der Waals surface area contributed by atoms with E-state index in [1.54, 1.807) is 48.3 Å². The predicted octanol–water partition coefficient (Wildman–Crippen LogP) is 2.29. The van der Waals surface area contributed by atoms with Gasteiger partial charge >= 0.3 is 0 Å². The molecule has 160 valence electrons. The van der Waals surface area contributed by atoms with Crippen molar-refractivity contribution in [3.05, 3.63) is 72.3 Å². The molecule has 1 unspecified atom stereocenters. The van der Waals surface area contributed by atoms with E-state index in [9.17, 15) is 16.8 Å². The van der Waals surface area contributed by atoms with E-state index in [1.807, 2.05) is 0 Å². The number of rotatable bonds is 8. The molecule has 0 saturated heterocycles. The van der Waals surface area contributed by atoms with Crippen LogP contribution in [0.4, 0.5) is 0 Å². The number of sulfonamides is 1. The summed E-state index contributed by atoms with van der Waals surface area (Å²) in [6.45, 7) is 1.53. The summed E-state index contributed by atoms with van der Waals surface area (Å²) in [7, 11) is -4.09. The van der Waals surface area contributed by atoms with Crippen molar-refractivity contribution in [1.82, 2.24) is 14.3 Å². The summed E-state index contributed by atoms with van der Waals surface area (Å²) in [4.78, 5) is 4.34. The molecule has 0 aliphatic heterocycles. The molecule has 1 N–H and O–H groups in total. The molecule has 0 radical (unpaired) electrons. The first-order valence-electron chi connectivity index (χ1n) is 9.14. The maximum atomic E-state index is 13.1. The predicted molar refractivity (Wildman–Crippen MR) is 113 cm³/mol. The van der Waals surface area contributed by atoms with Crippen LogP contribution in [-0.2, 0) is 26.9 Å². The minimum atomic E-state index is -3.98. The van der Waals surface area contributed by atoms with E-state index in [0.717, 1.165) is 0 Å². The second-order valence-electron chi connectivity index (χ2n) is 6.60. The molecule has 30 heavy (non-hydrogen) atoms. The van der Waals surface area contributed by atoms with Crippen molar-refractivity contribution in [2.24, 2.45) is 7.05 Å². The molecule has 0 amide bonds. The molecular formula is C20H23N3O5S2. The number of hydrogen-bond donors (Lipinski definition) is 1. The number of nitrogens with one attached hydrogen (secondary N) is 1. The van der Waals surface area contributed by atoms with Crippen LogP contribution in [0.1, 0.15) is 24.4 Å². The number of ether oxygens (including phenoxy) is 1. The van der Waals surface area contributed by atoms with Gasteiger partial charge in [-0.25, -0.2) is 21.8 Å². The minimum absolute atomic E-state index is 0.0420. The first kappa shape index (κ1) is 22.0. The summed E-state index contributed by atoms with van der Waals surface area (Å²) in [5.41, 5.74) is 0.650. The fourth-order valence-corrected chi connectivity index (χ4v) is 5.03. The van der Waals surface area contributed by atoms with Crippen molar-refractivity contribution in [3.8, 4) is 5.75 Å². The van der Waals surface area contributed by atoms with Crippen LogP contribution in [0.25, 0.3) is 0 Å². The van der Waals surface area contributed by atoms with Gasteiger partial charge < -0.3 is 9.30 Å². The molecule has 2 aromatic carbocycles. The lowest BCUT2D eigenvalue weighted by molar-refractivity contribution is 0.413. The van der Waals surface area contributed by atoms with Gasteiger partial charge in [0.15, 0.2) is 9.84 Å². The van der Waals surface area contributed by atoms with Crippen LogP contribution in [0.15, 0.2) is 70.7 Å². The molecule has 0 fully saturated rings. The van der Waals surface area contributed by atoms with Crippen molar-refractivity contribution < 1.29 is 21.6 Å². The van der Waals surface area contributed by atoms with Gasteiger partial charge in [-0.1, -0.05) is 19.1 Å². The molecular weight excluding hydrogens is 426 g/mol. The number of aryl methyl sites for hydroxylation is 1. The average molecular weight is 450 g/mol. The van der Waals surface area contributed by atoms with Crippen molar-refractivity contribution in [1.29, 1.82) is 0 Å². The number of hydrogen-bond acceptors (Lipinski definition) is 6. The van der Waals surface area contributed by atoms with Crippen molar-refractivity contribution in [2.75, 3.05) is 12.9 Å². The van der Waals surface area contributed by atoms with Gasteiger partial charge in [-0.05, 0) is 42.0 Å². The highest BCUT2D eigenvalue weighted by Crippen LogP contribution is 2.26. The molecule has 8 nitrogen and oxygen atoms in total. The summed E-state index contributed by atoms with van der Waals surface area (Å²) in [5, 5.41) is 0. The Morgan fingerprint density at radius 3 is 2.30 bits per heavy atom. The van der Waals surface area contributed by atoms with E-state index in [1.165, 1.54) is 38.3 Å². The molecule has 0 bridgehead atoms. The quantitative estimate of drug-likeness (QED) is 0.565. The fourth-order valence-electron chi connectivity index (χ4n) is 2.96. The van der Waals surface area contributed by atoms with Gasteiger partial charge in [0.1, 0.15) is 17.6 Å². The van der Waals surface area contributed by atoms with Crippen LogP contribution in [0, 0.1) is 0 Å². The number of imidazole rings is 1. The van der Waals surface area contributed by atoms with Crippen LogP contribution >= 0.6 is 0 Å². The summed E-state index contributed by atoms with van der Waals surface area (Å²) in [6.07, 6.45) is 3.31. The van der Waals surface area contributed by atoms with E-state index in [2.05, 4.69) is 9.71 Å². The number of nitrogens with zero attached hydrogens (tertiary/aromatic N) is 2. The zero-order valence-electron chi connectivity index (χ0n) is 16.8. The van der Waals surface area contributed by atoms with Crippen LogP contribution in [0.5, 0.6) is 5.75 Å². The monoisotopic (exact) mass is 449 g/mol. The van der Waals surface area contributed by atoms with Crippen LogP contribution < -0.4 is 9.46 Å². The van der Waals surface area contributed by atoms with Crippen LogP contribution in [0.2, 0.25) is 0 Å². The minimum Gasteiger partial charge on any atom is -0.497 e. The normalized spacial score (nSPS) is 13.2. The number of benzene rings is 2. The molecule has 3 rings (SSSR count). The number of methoxy groups -OCH3 is 1. The maximum absolute atomic E-state index is 13.1. The average Bonchev–Trinajstić information content (AvgIpc) is 3.17. The van der Waals surface area contributed by atoms with Gasteiger partial charge in [0.2, 0.25) is 10.0 Å². The zero-order valence-corrected chi connectivity index (χ0v) is 18.4. The Hall–Kier alpha value is -2.69. The van der Waals surface area contributed by atoms with E-state index in [-0.39, 0.29) is 15.5 Å². The van der Waals surface area contributed by atoms with Gasteiger partial charge in [-0.15, -0.1) is 0 Å². The summed E-state index contributed by atoms with van der Waals surface area (Å²) in [5.74, 6) is 1.02. The molecule has 1 heterocycles. The number of aromatic nitrogens is 2. The Kier molecular flexibility index (Phi) is 6.30. The van der Waals surface area contributed by atoms with Crippen molar-refractivity contribution in [2.45, 2.75) is 22.8 Å². The third-order valence-corrected chi connectivity index (χ3v) is 7.88. The fraction of sp³-hybridized carbons (Fsp3) is 0.250. The molecule has 0 aliphatic rings. The van der Waals surface area contributed by atoms with Gasteiger partial charge in [0.05, 0.1) is 22.7 Å². The second-order valence-corrected chi connectivity index (χ2v) is 10.6. The molecule has 10 heteroatoms. The molecule has 0 saturated carbocycles. The lowest BCUT2D eigenvalue weighted by Gasteiger charge is -2.20. The first-order chi connectivity index (χ1) is 14.2. The van der Waals surface area contributed by atoms with Crippen LogP contribution in [0.3, 0.4) is 0 Å². The third-order valence-electron chi connectivity index (χ3n) is 4.69. The van der Waals surface area contributed by atoms with E-state index < -0.39 is 25.9 Å². The van der Waals surface area contributed by atoms with Crippen molar-refractivity contribution in [3.63, 3.8) is 0 Å². The highest BCUT2D eigenvalue weighted by atomic mass is 32.2. The Bertz CT molecular complexity index is 1230. The Morgan fingerprint density at radius 2 is 1.73 bits per heavy atom. The Morgan fingerprint density at radius 1 is 1.07 bits per heavy atom. The van der Waals surface area contributed by atoms with Gasteiger partial charge in [0.25, 0.3) is 0 Å². The SMILES string of the molecule is CCS(=O)(=O)c1ccc(S(=O)(=O)NC(c2cccc(OC)c2)c2nccn2C)cc1. The topological polar surface area (TPSA) is 107 Å². The van der Waals surface area contributed by atoms with E-state index in [4.69, 9.17) is 4.74 Å². The second kappa shape index (κ2) is 8.58. The highest BCUT2D eigenvalue weighted by molar-refractivity contribution is 7.91. The van der Waals surface area contributed by atoms with Crippen molar-refractivity contribution >= 4 is 19.9 Å². The van der Waals surface area contributed by atoms with E-state index in [0.29, 0.717) is 17.1 Å². The molecule has 0 spiro atoms. The van der Waals surface area contributed by atoms with Gasteiger partial charge in [-0.2, -0.15) is 4.72 Å². The lowest BCUT2D eigenvalue weighted by Crippen LogP contribution is -2.31. The summed E-state index contributed by atoms with van der Waals surface area (Å²) in [6, 6.07) is 11.4.